The number of anilines is 2. The second-order valence-corrected chi connectivity index (χ2v) is 8.28. The predicted octanol–water partition coefficient (Wildman–Crippen LogP) is 4.56. The first kappa shape index (κ1) is 27.4. The zero-order valence-corrected chi connectivity index (χ0v) is 21.1. The molecule has 9 nitrogen and oxygen atoms in total. The van der Waals surface area contributed by atoms with Gasteiger partial charge in [0.1, 0.15) is 5.82 Å². The van der Waals surface area contributed by atoms with Crippen molar-refractivity contribution < 1.29 is 28.2 Å². The number of nitrogens with one attached hydrogen (secondary N) is 3. The molecule has 0 aliphatic carbocycles. The van der Waals surface area contributed by atoms with Crippen molar-refractivity contribution in [2.24, 2.45) is 5.10 Å². The highest BCUT2D eigenvalue weighted by Crippen LogP contribution is 2.36. The van der Waals surface area contributed by atoms with Gasteiger partial charge >= 0.3 is 11.8 Å². The predicted molar refractivity (Wildman–Crippen MR) is 139 cm³/mol. The summed E-state index contributed by atoms with van der Waals surface area (Å²) in [6.45, 7) is 1.49. The smallest absolute Gasteiger partial charge is 0.329 e. The molecule has 0 fully saturated rings. The molecule has 0 radical (unpaired) electrons. The third kappa shape index (κ3) is 7.66. The van der Waals surface area contributed by atoms with E-state index in [4.69, 9.17) is 32.7 Å². The summed E-state index contributed by atoms with van der Waals surface area (Å²) < 4.78 is 24.4. The Bertz CT molecular complexity index is 1370. The zero-order chi connectivity index (χ0) is 26.9. The summed E-state index contributed by atoms with van der Waals surface area (Å²) in [6.07, 6.45) is 1.21. The number of ether oxygens (including phenoxy) is 2. The SMILES string of the molecule is COc1cc(/C=N\NC(=O)C(=O)Nc2ccccc2F)cc(Cl)c1OCC(=O)Nc1ccc(C)c(Cl)c1. The molecular formula is C25H21Cl2FN4O5. The number of para-hydroxylation sites is 1. The van der Waals surface area contributed by atoms with Crippen LogP contribution in [0.15, 0.2) is 59.7 Å². The lowest BCUT2D eigenvalue weighted by atomic mass is 10.2. The van der Waals surface area contributed by atoms with Gasteiger partial charge in [-0.15, -0.1) is 0 Å². The molecule has 37 heavy (non-hydrogen) atoms. The Kier molecular flexibility index (Phi) is 9.42. The lowest BCUT2D eigenvalue weighted by Crippen LogP contribution is -2.32. The Morgan fingerprint density at radius 3 is 2.46 bits per heavy atom. The van der Waals surface area contributed by atoms with E-state index in [0.29, 0.717) is 16.3 Å². The van der Waals surface area contributed by atoms with Crippen LogP contribution in [0.25, 0.3) is 0 Å². The fourth-order valence-electron chi connectivity index (χ4n) is 2.92. The van der Waals surface area contributed by atoms with Crippen LogP contribution in [-0.4, -0.2) is 37.7 Å². The van der Waals surface area contributed by atoms with Gasteiger partial charge < -0.3 is 20.1 Å². The second kappa shape index (κ2) is 12.7. The molecule has 0 spiro atoms. The minimum absolute atomic E-state index is 0.107. The number of methoxy groups -OCH3 is 1. The molecule has 0 aromatic heterocycles. The number of benzene rings is 3. The van der Waals surface area contributed by atoms with Gasteiger partial charge in [0.25, 0.3) is 5.91 Å². The summed E-state index contributed by atoms with van der Waals surface area (Å²) in [7, 11) is 1.38. The van der Waals surface area contributed by atoms with Gasteiger partial charge in [-0.25, -0.2) is 9.82 Å². The zero-order valence-electron chi connectivity index (χ0n) is 19.6. The van der Waals surface area contributed by atoms with Gasteiger partial charge in [-0.1, -0.05) is 41.4 Å². The Morgan fingerprint density at radius 1 is 1.00 bits per heavy atom. The number of amides is 3. The average molecular weight is 547 g/mol. The van der Waals surface area contributed by atoms with E-state index in [0.717, 1.165) is 11.6 Å². The molecule has 0 unspecified atom stereocenters. The summed E-state index contributed by atoms with van der Waals surface area (Å²) in [5.41, 5.74) is 3.67. The second-order valence-electron chi connectivity index (χ2n) is 7.47. The van der Waals surface area contributed by atoms with Crippen molar-refractivity contribution in [3.05, 3.63) is 81.6 Å². The molecule has 3 N–H and O–H groups in total. The number of aryl methyl sites for hydroxylation is 1. The number of halogens is 3. The minimum Gasteiger partial charge on any atom is -0.493 e. The van der Waals surface area contributed by atoms with Gasteiger partial charge in [-0.3, -0.25) is 14.4 Å². The Morgan fingerprint density at radius 2 is 1.76 bits per heavy atom. The molecule has 0 aliphatic rings. The number of nitrogens with zero attached hydrogens (tertiary/aromatic N) is 1. The quantitative estimate of drug-likeness (QED) is 0.217. The number of hydrogen-bond donors (Lipinski definition) is 3. The minimum atomic E-state index is -1.11. The highest BCUT2D eigenvalue weighted by Gasteiger charge is 2.16. The topological polar surface area (TPSA) is 118 Å². The van der Waals surface area contributed by atoms with Crippen LogP contribution in [0.3, 0.4) is 0 Å². The Balaban J connectivity index is 1.59. The molecule has 3 amide bonds. The van der Waals surface area contributed by atoms with E-state index in [1.54, 1.807) is 18.2 Å². The van der Waals surface area contributed by atoms with Crippen LogP contribution in [0.4, 0.5) is 15.8 Å². The summed E-state index contributed by atoms with van der Waals surface area (Å²) in [6, 6.07) is 13.5. The Labute approximate surface area is 221 Å². The summed E-state index contributed by atoms with van der Waals surface area (Å²) >= 11 is 12.4. The molecule has 0 heterocycles. The van der Waals surface area contributed by atoms with Crippen LogP contribution in [0.1, 0.15) is 11.1 Å². The van der Waals surface area contributed by atoms with E-state index in [1.807, 2.05) is 12.3 Å². The molecule has 0 atom stereocenters. The molecular weight excluding hydrogens is 526 g/mol. The maximum atomic E-state index is 13.6. The van der Waals surface area contributed by atoms with E-state index in [2.05, 4.69) is 15.7 Å². The maximum Gasteiger partial charge on any atom is 0.329 e. The first-order valence-corrected chi connectivity index (χ1v) is 11.4. The van der Waals surface area contributed by atoms with Gasteiger partial charge in [0.15, 0.2) is 18.1 Å². The monoisotopic (exact) mass is 546 g/mol. The summed E-state index contributed by atoms with van der Waals surface area (Å²) in [5, 5.41) is 9.13. The Hall–Kier alpha value is -4.15. The molecule has 0 saturated heterocycles. The van der Waals surface area contributed by atoms with E-state index < -0.39 is 23.5 Å². The molecule has 192 valence electrons. The van der Waals surface area contributed by atoms with Crippen LogP contribution in [0.5, 0.6) is 11.5 Å². The van der Waals surface area contributed by atoms with E-state index in [-0.39, 0.29) is 28.8 Å². The van der Waals surface area contributed by atoms with Gasteiger partial charge in [0, 0.05) is 10.7 Å². The van der Waals surface area contributed by atoms with Crippen molar-refractivity contribution in [1.82, 2.24) is 5.43 Å². The van der Waals surface area contributed by atoms with E-state index in [1.165, 1.54) is 43.7 Å². The van der Waals surface area contributed by atoms with Crippen LogP contribution in [0.2, 0.25) is 10.0 Å². The number of carbonyl (C=O) groups is 3. The molecule has 3 rings (SSSR count). The van der Waals surface area contributed by atoms with Crippen molar-refractivity contribution in [3.63, 3.8) is 0 Å². The van der Waals surface area contributed by atoms with Crippen molar-refractivity contribution >= 4 is 58.5 Å². The van der Waals surface area contributed by atoms with Crippen LogP contribution < -0.4 is 25.5 Å². The molecule has 0 aliphatic heterocycles. The third-order valence-electron chi connectivity index (χ3n) is 4.76. The van der Waals surface area contributed by atoms with Gasteiger partial charge in [-0.05, 0) is 54.4 Å². The first-order valence-electron chi connectivity index (χ1n) is 10.6. The van der Waals surface area contributed by atoms with Gasteiger partial charge in [-0.2, -0.15) is 5.10 Å². The lowest BCUT2D eigenvalue weighted by molar-refractivity contribution is -0.136. The molecule has 0 saturated carbocycles. The van der Waals surface area contributed by atoms with Crippen molar-refractivity contribution in [3.8, 4) is 11.5 Å². The summed E-state index contributed by atoms with van der Waals surface area (Å²) in [5.74, 6) is -3.03. The van der Waals surface area contributed by atoms with Crippen LogP contribution in [-0.2, 0) is 14.4 Å². The normalized spacial score (nSPS) is 10.6. The highest BCUT2D eigenvalue weighted by atomic mass is 35.5. The largest absolute Gasteiger partial charge is 0.493 e. The van der Waals surface area contributed by atoms with Crippen molar-refractivity contribution in [1.29, 1.82) is 0 Å². The van der Waals surface area contributed by atoms with Crippen molar-refractivity contribution in [2.45, 2.75) is 6.92 Å². The highest BCUT2D eigenvalue weighted by molar-refractivity contribution is 6.39. The van der Waals surface area contributed by atoms with E-state index in [9.17, 15) is 18.8 Å². The van der Waals surface area contributed by atoms with Crippen molar-refractivity contribution in [2.75, 3.05) is 24.4 Å². The van der Waals surface area contributed by atoms with Gasteiger partial charge in [0.05, 0.1) is 24.0 Å². The summed E-state index contributed by atoms with van der Waals surface area (Å²) in [4.78, 5) is 36.1. The van der Waals surface area contributed by atoms with Gasteiger partial charge in [0.2, 0.25) is 0 Å². The first-order chi connectivity index (χ1) is 17.7. The standard InChI is InChI=1S/C25H21Cl2FN4O5/c1-14-7-8-16(11-17(14)26)30-22(33)13-37-23-18(27)9-15(10-21(23)36-2)12-29-32-25(35)24(34)31-20-6-4-3-5-19(20)28/h3-12H,13H2,1-2H3,(H,30,33)(H,31,34)(H,32,35)/b29-12-. The number of carbonyl (C=O) groups excluding carboxylic acids is 3. The van der Waals surface area contributed by atoms with Crippen LogP contribution in [0, 0.1) is 12.7 Å². The fourth-order valence-corrected chi connectivity index (χ4v) is 3.37. The third-order valence-corrected chi connectivity index (χ3v) is 5.45. The molecule has 3 aromatic carbocycles. The number of rotatable bonds is 8. The lowest BCUT2D eigenvalue weighted by Gasteiger charge is -2.13. The average Bonchev–Trinajstić information content (AvgIpc) is 2.86. The fraction of sp³-hybridized carbons (Fsp3) is 0.120. The number of hydrogen-bond acceptors (Lipinski definition) is 6. The number of hydrazone groups is 1. The molecule has 12 heteroatoms. The van der Waals surface area contributed by atoms with Crippen LogP contribution >= 0.6 is 23.2 Å². The molecule has 3 aromatic rings. The maximum absolute atomic E-state index is 13.6. The molecule has 0 bridgehead atoms. The van der Waals surface area contributed by atoms with E-state index >= 15 is 0 Å².